The van der Waals surface area contributed by atoms with E-state index >= 15 is 0 Å². The van der Waals surface area contributed by atoms with Gasteiger partial charge in [-0.2, -0.15) is 8.42 Å². The van der Waals surface area contributed by atoms with Gasteiger partial charge in [0.1, 0.15) is 12.4 Å². The van der Waals surface area contributed by atoms with Gasteiger partial charge in [0.2, 0.25) is 0 Å². The van der Waals surface area contributed by atoms with E-state index in [1.54, 1.807) is 12.1 Å². The first-order chi connectivity index (χ1) is 17.5. The molecule has 0 atom stereocenters. The number of halogens is 1. The van der Waals surface area contributed by atoms with Gasteiger partial charge in [-0.3, -0.25) is 4.18 Å². The Morgan fingerprint density at radius 2 is 1.22 bits per heavy atom. The zero-order valence-corrected chi connectivity index (χ0v) is 22.7. The molecule has 0 radical (unpaired) electrons. The van der Waals surface area contributed by atoms with Crippen LogP contribution in [0.2, 0.25) is 0 Å². The Balaban J connectivity index is 0.00000481. The molecule has 7 nitrogen and oxygen atoms in total. The van der Waals surface area contributed by atoms with E-state index in [4.69, 9.17) is 18.4 Å². The first-order valence-corrected chi connectivity index (χ1v) is 13.2. The highest BCUT2D eigenvalue weighted by molar-refractivity contribution is 7.86. The van der Waals surface area contributed by atoms with Crippen molar-refractivity contribution in [3.8, 4) is 5.75 Å². The molecule has 3 aromatic rings. The molecule has 3 rings (SSSR count). The molecule has 0 aliphatic heterocycles. The molecule has 0 amide bonds. The summed E-state index contributed by atoms with van der Waals surface area (Å²) in [4.78, 5) is 0.137. The molecular formula is C28H34ClNO6S. The van der Waals surface area contributed by atoms with Crippen molar-refractivity contribution in [2.24, 2.45) is 0 Å². The molecular weight excluding hydrogens is 514 g/mol. The van der Waals surface area contributed by atoms with Crippen LogP contribution in [0.1, 0.15) is 16.7 Å². The van der Waals surface area contributed by atoms with Gasteiger partial charge in [0.05, 0.1) is 37.9 Å². The van der Waals surface area contributed by atoms with Gasteiger partial charge < -0.3 is 19.5 Å². The highest BCUT2D eigenvalue weighted by atomic mass is 35.5. The van der Waals surface area contributed by atoms with E-state index < -0.39 is 10.1 Å². The van der Waals surface area contributed by atoms with Crippen LogP contribution < -0.4 is 10.1 Å². The van der Waals surface area contributed by atoms with E-state index in [0.29, 0.717) is 26.4 Å². The molecule has 37 heavy (non-hydrogen) atoms. The second kappa shape index (κ2) is 16.1. The van der Waals surface area contributed by atoms with E-state index in [9.17, 15) is 8.42 Å². The summed E-state index contributed by atoms with van der Waals surface area (Å²) >= 11 is 0. The van der Waals surface area contributed by atoms with Gasteiger partial charge in [-0.1, -0.05) is 54.1 Å². The number of rotatable bonds is 15. The van der Waals surface area contributed by atoms with E-state index in [-0.39, 0.29) is 30.5 Å². The summed E-state index contributed by atoms with van der Waals surface area (Å²) in [7, 11) is -1.86. The Labute approximate surface area is 225 Å². The second-order valence-electron chi connectivity index (χ2n) is 7.94. The van der Waals surface area contributed by atoms with Crippen LogP contribution in [0.3, 0.4) is 0 Å². The SMILES string of the molecule is CNc1ccc(C=Cc2ccc(OCCOCCOCCOS(=O)(=O)c3ccc(C)cc3)cc2)cc1.Cl. The van der Waals surface area contributed by atoms with Crippen molar-refractivity contribution in [3.63, 3.8) is 0 Å². The van der Waals surface area contributed by atoms with E-state index in [2.05, 4.69) is 29.6 Å². The summed E-state index contributed by atoms with van der Waals surface area (Å²) in [6.07, 6.45) is 4.13. The summed E-state index contributed by atoms with van der Waals surface area (Å²) in [5.41, 5.74) is 4.29. The summed E-state index contributed by atoms with van der Waals surface area (Å²) in [5, 5.41) is 3.11. The minimum Gasteiger partial charge on any atom is -0.491 e. The smallest absolute Gasteiger partial charge is 0.297 e. The van der Waals surface area contributed by atoms with Crippen molar-refractivity contribution in [2.45, 2.75) is 11.8 Å². The summed E-state index contributed by atoms with van der Waals surface area (Å²) in [6.45, 7) is 3.57. The number of hydrogen-bond acceptors (Lipinski definition) is 7. The van der Waals surface area contributed by atoms with Gasteiger partial charge >= 0.3 is 0 Å². The van der Waals surface area contributed by atoms with Gasteiger partial charge in [-0.05, 0) is 54.4 Å². The zero-order valence-electron chi connectivity index (χ0n) is 21.1. The number of anilines is 1. The molecule has 0 aromatic heterocycles. The molecule has 9 heteroatoms. The predicted molar refractivity (Wildman–Crippen MR) is 150 cm³/mol. The van der Waals surface area contributed by atoms with Gasteiger partial charge in [0.15, 0.2) is 0 Å². The third-order valence-corrected chi connectivity index (χ3v) is 6.52. The lowest BCUT2D eigenvalue weighted by atomic mass is 10.1. The normalized spacial score (nSPS) is 11.3. The van der Waals surface area contributed by atoms with E-state index in [1.807, 2.05) is 50.4 Å². The molecule has 3 aromatic carbocycles. The highest BCUT2D eigenvalue weighted by Crippen LogP contribution is 2.16. The van der Waals surface area contributed by atoms with Gasteiger partial charge in [-0.25, -0.2) is 0 Å². The largest absolute Gasteiger partial charge is 0.491 e. The summed E-state index contributed by atoms with van der Waals surface area (Å²) in [6, 6.07) is 22.6. The molecule has 1 N–H and O–H groups in total. The van der Waals surface area contributed by atoms with Crippen LogP contribution in [-0.4, -0.2) is 55.1 Å². The Morgan fingerprint density at radius 3 is 1.78 bits per heavy atom. The summed E-state index contributed by atoms with van der Waals surface area (Å²) in [5.74, 6) is 0.775. The average molecular weight is 548 g/mol. The fraction of sp³-hybridized carbons (Fsp3) is 0.286. The van der Waals surface area contributed by atoms with Crippen molar-refractivity contribution >= 4 is 40.4 Å². The van der Waals surface area contributed by atoms with Crippen LogP contribution in [0, 0.1) is 6.92 Å². The highest BCUT2D eigenvalue weighted by Gasteiger charge is 2.14. The fourth-order valence-corrected chi connectivity index (χ4v) is 4.04. The van der Waals surface area contributed by atoms with Crippen molar-refractivity contribution in [2.75, 3.05) is 52.0 Å². The van der Waals surface area contributed by atoms with Crippen LogP contribution in [0.5, 0.6) is 5.75 Å². The monoisotopic (exact) mass is 547 g/mol. The Morgan fingerprint density at radius 1 is 0.703 bits per heavy atom. The first-order valence-electron chi connectivity index (χ1n) is 11.8. The molecule has 0 aliphatic carbocycles. The van der Waals surface area contributed by atoms with E-state index in [0.717, 1.165) is 28.1 Å². The zero-order chi connectivity index (χ0) is 25.6. The standard InChI is InChI=1S/C28H33NO6S.ClH/c1-23-3-15-28(16-4-23)36(30,31)35-22-20-33-18-17-32-19-21-34-27-13-9-25(10-14-27)6-5-24-7-11-26(29-2)12-8-24;/h3-16,29H,17-22H2,1-2H3;1H. The summed E-state index contributed by atoms with van der Waals surface area (Å²) < 4.78 is 45.7. The minimum absolute atomic E-state index is 0. The Kier molecular flexibility index (Phi) is 13.2. The minimum atomic E-state index is -3.76. The molecule has 200 valence electrons. The average Bonchev–Trinajstić information content (AvgIpc) is 2.89. The van der Waals surface area contributed by atoms with Gasteiger partial charge in [-0.15, -0.1) is 12.4 Å². The molecule has 0 heterocycles. The molecule has 0 saturated carbocycles. The maximum absolute atomic E-state index is 12.1. The Bertz CT molecular complexity index is 1180. The molecule has 0 aliphatic rings. The quantitative estimate of drug-likeness (QED) is 0.154. The fourth-order valence-electron chi connectivity index (χ4n) is 3.14. The van der Waals surface area contributed by atoms with Crippen molar-refractivity contribution in [1.29, 1.82) is 0 Å². The third kappa shape index (κ3) is 11.0. The van der Waals surface area contributed by atoms with Crippen molar-refractivity contribution < 1.29 is 26.8 Å². The molecule has 0 bridgehead atoms. The Hall–Kier alpha value is -2.88. The molecule has 0 saturated heterocycles. The number of ether oxygens (including phenoxy) is 3. The van der Waals surface area contributed by atoms with Crippen LogP contribution in [-0.2, 0) is 23.8 Å². The maximum atomic E-state index is 12.1. The molecule has 0 spiro atoms. The molecule has 0 fully saturated rings. The van der Waals surface area contributed by atoms with Gasteiger partial charge in [0, 0.05) is 12.7 Å². The van der Waals surface area contributed by atoms with Gasteiger partial charge in [0.25, 0.3) is 10.1 Å². The van der Waals surface area contributed by atoms with Crippen LogP contribution in [0.15, 0.2) is 77.7 Å². The number of nitrogens with one attached hydrogen (secondary N) is 1. The maximum Gasteiger partial charge on any atom is 0.297 e. The number of hydrogen-bond donors (Lipinski definition) is 1. The predicted octanol–water partition coefficient (Wildman–Crippen LogP) is 5.45. The topological polar surface area (TPSA) is 83.1 Å². The first kappa shape index (κ1) is 30.3. The van der Waals surface area contributed by atoms with Crippen molar-refractivity contribution in [3.05, 3.63) is 89.5 Å². The number of benzene rings is 3. The molecule has 0 unspecified atom stereocenters. The van der Waals surface area contributed by atoms with Crippen LogP contribution >= 0.6 is 12.4 Å². The van der Waals surface area contributed by atoms with Crippen LogP contribution in [0.25, 0.3) is 12.2 Å². The van der Waals surface area contributed by atoms with Crippen LogP contribution in [0.4, 0.5) is 5.69 Å². The van der Waals surface area contributed by atoms with E-state index in [1.165, 1.54) is 12.1 Å². The second-order valence-corrected chi connectivity index (χ2v) is 9.55. The lowest BCUT2D eigenvalue weighted by Gasteiger charge is -2.09. The lowest BCUT2D eigenvalue weighted by molar-refractivity contribution is 0.0279. The lowest BCUT2D eigenvalue weighted by Crippen LogP contribution is -2.14. The number of aryl methyl sites for hydroxylation is 1. The third-order valence-electron chi connectivity index (χ3n) is 5.19. The van der Waals surface area contributed by atoms with Crippen molar-refractivity contribution in [1.82, 2.24) is 0 Å².